The van der Waals surface area contributed by atoms with Crippen LogP contribution in [0.3, 0.4) is 0 Å². The number of aryl methyl sites for hydroxylation is 2. The molecule has 11 rings (SSSR count). The van der Waals surface area contributed by atoms with Crippen LogP contribution in [0.15, 0.2) is 109 Å². The zero-order valence-electron chi connectivity index (χ0n) is 38.5. The molecule has 1 atom stereocenters. The van der Waals surface area contributed by atoms with Crippen molar-refractivity contribution >= 4 is 51.6 Å². The Kier molecular flexibility index (Phi) is 11.1. The average Bonchev–Trinajstić information content (AvgIpc) is 4.04. The van der Waals surface area contributed by atoms with Crippen LogP contribution in [0.5, 0.6) is 0 Å². The number of amides is 4. The number of hydrogen-bond donors (Lipinski definition) is 1. The van der Waals surface area contributed by atoms with E-state index in [1.807, 2.05) is 61.1 Å². The van der Waals surface area contributed by atoms with Gasteiger partial charge in [0.05, 0.1) is 40.4 Å². The van der Waals surface area contributed by atoms with Crippen molar-refractivity contribution < 1.29 is 14.4 Å². The van der Waals surface area contributed by atoms with Gasteiger partial charge in [-0.15, -0.1) is 0 Å². The molecule has 17 nitrogen and oxygen atoms in total. The third-order valence-electron chi connectivity index (χ3n) is 14.4. The van der Waals surface area contributed by atoms with E-state index >= 15 is 0 Å². The molecule has 1 unspecified atom stereocenters. The number of para-hydroxylation sites is 1. The van der Waals surface area contributed by atoms with Crippen LogP contribution < -0.4 is 30.6 Å². The van der Waals surface area contributed by atoms with Gasteiger partial charge >= 0.3 is 11.7 Å². The van der Waals surface area contributed by atoms with Crippen LogP contribution in [0.1, 0.15) is 42.9 Å². The van der Waals surface area contributed by atoms with Gasteiger partial charge in [0, 0.05) is 102 Å². The Hall–Kier alpha value is -7.66. The summed E-state index contributed by atoms with van der Waals surface area (Å²) in [5.74, 6) is -0.301. The summed E-state index contributed by atoms with van der Waals surface area (Å²) in [6.07, 6.45) is 9.65. The Balaban J connectivity index is 0.788. The van der Waals surface area contributed by atoms with E-state index in [0.717, 1.165) is 108 Å². The van der Waals surface area contributed by atoms with Crippen molar-refractivity contribution in [1.82, 2.24) is 44.3 Å². The molecule has 1 N–H and O–H groups in total. The van der Waals surface area contributed by atoms with E-state index in [-0.39, 0.29) is 23.5 Å². The van der Waals surface area contributed by atoms with Crippen LogP contribution in [-0.4, -0.2) is 115 Å². The van der Waals surface area contributed by atoms with E-state index in [4.69, 9.17) is 10.1 Å². The van der Waals surface area contributed by atoms with Crippen molar-refractivity contribution in [2.75, 3.05) is 72.0 Å². The van der Waals surface area contributed by atoms with E-state index in [9.17, 15) is 19.2 Å². The Morgan fingerprint density at radius 1 is 0.676 bits per heavy atom. The van der Waals surface area contributed by atoms with Gasteiger partial charge in [-0.05, 0) is 103 Å². The minimum absolute atomic E-state index is 0.140. The fourth-order valence-electron chi connectivity index (χ4n) is 10.8. The number of urea groups is 1. The maximum Gasteiger partial charge on any atom is 0.350 e. The number of fused-ring (bicyclic) bond motifs is 1. The Morgan fingerprint density at radius 2 is 1.46 bits per heavy atom. The summed E-state index contributed by atoms with van der Waals surface area (Å²) in [4.78, 5) is 71.5. The van der Waals surface area contributed by atoms with Crippen molar-refractivity contribution in [2.45, 2.75) is 44.6 Å². The van der Waals surface area contributed by atoms with E-state index in [0.29, 0.717) is 43.5 Å². The van der Waals surface area contributed by atoms with Crippen LogP contribution in [0.2, 0.25) is 0 Å². The number of imide groups is 1. The number of anilines is 4. The molecule has 346 valence electrons. The summed E-state index contributed by atoms with van der Waals surface area (Å²) in [5.41, 5.74) is 10.0. The van der Waals surface area contributed by atoms with Gasteiger partial charge in [-0.2, -0.15) is 10.2 Å². The number of nitrogens with zero attached hydrogens (tertiary/aromatic N) is 12. The SMILES string of the molecule is Cc1c(-c2ccc(-n3cnn(C)c3=O)cc2-c2ccc(N3CCC(N4CCN(c5cccc6c(C7CCC(=O)NC7=O)nn(C)c56)CC4)CC3)cc2)ccnc1N1CCN(c2cccnc2)C1=O. The summed E-state index contributed by atoms with van der Waals surface area (Å²) in [5, 5.41) is 12.5. The number of piperazine rings is 1. The first-order valence-electron chi connectivity index (χ1n) is 23.4. The van der Waals surface area contributed by atoms with Crippen molar-refractivity contribution in [2.24, 2.45) is 14.1 Å². The predicted octanol–water partition coefficient (Wildman–Crippen LogP) is 5.65. The molecule has 7 aromatic rings. The average molecular weight is 912 g/mol. The summed E-state index contributed by atoms with van der Waals surface area (Å²) < 4.78 is 4.77. The number of benzene rings is 3. The first kappa shape index (κ1) is 42.9. The second-order valence-electron chi connectivity index (χ2n) is 18.2. The fraction of sp³-hybridized carbons (Fsp3) is 0.333. The number of nitrogens with one attached hydrogen (secondary N) is 1. The first-order chi connectivity index (χ1) is 33.1. The minimum Gasteiger partial charge on any atom is -0.371 e. The summed E-state index contributed by atoms with van der Waals surface area (Å²) >= 11 is 0. The molecular weight excluding hydrogens is 859 g/mol. The van der Waals surface area contributed by atoms with Crippen molar-refractivity contribution in [3.05, 3.63) is 126 Å². The molecule has 0 radical (unpaired) electrons. The van der Waals surface area contributed by atoms with Crippen molar-refractivity contribution in [3.63, 3.8) is 0 Å². The number of piperidine rings is 2. The first-order valence-corrected chi connectivity index (χ1v) is 23.4. The van der Waals surface area contributed by atoms with E-state index in [1.54, 1.807) is 46.3 Å². The highest BCUT2D eigenvalue weighted by atomic mass is 16.2. The van der Waals surface area contributed by atoms with Crippen LogP contribution in [0, 0.1) is 6.92 Å². The molecule has 4 saturated heterocycles. The van der Waals surface area contributed by atoms with Crippen LogP contribution in [0.4, 0.5) is 27.7 Å². The Bertz CT molecular complexity index is 3130. The molecule has 0 aliphatic carbocycles. The molecular formula is C51H53N13O4. The van der Waals surface area contributed by atoms with Gasteiger partial charge in [-0.25, -0.2) is 23.8 Å². The van der Waals surface area contributed by atoms with Gasteiger partial charge < -0.3 is 9.80 Å². The second-order valence-corrected chi connectivity index (χ2v) is 18.2. The molecule has 0 spiro atoms. The standard InChI is InChI=1S/C51H53N13O4/c1-33-39(17-21-53-48(33)63-29-28-62(51(63)68)38-6-5-20-52-31-38)40-14-13-37(64-32-54-58(3)50(64)67)30-43(40)34-9-11-35(12-10-34)59-22-18-36(19-23-59)60-24-26-61(27-25-60)44-8-4-7-41-46(56-57(2)47(41)44)42-15-16-45(65)55-49(42)66/h4-14,17,20-21,30-32,36,42H,15-16,18-19,22-29H2,1-3H3,(H,55,65,66). The molecule has 0 bridgehead atoms. The van der Waals surface area contributed by atoms with Crippen LogP contribution in [0.25, 0.3) is 38.8 Å². The largest absolute Gasteiger partial charge is 0.371 e. The Morgan fingerprint density at radius 3 is 2.19 bits per heavy atom. The lowest BCUT2D eigenvalue weighted by Gasteiger charge is -2.44. The normalized spacial score (nSPS) is 18.6. The molecule has 17 heteroatoms. The van der Waals surface area contributed by atoms with Crippen molar-refractivity contribution in [3.8, 4) is 27.9 Å². The second kappa shape index (κ2) is 17.5. The smallest absolute Gasteiger partial charge is 0.350 e. The zero-order chi connectivity index (χ0) is 46.6. The molecule has 4 aliphatic heterocycles. The third kappa shape index (κ3) is 7.65. The highest BCUT2D eigenvalue weighted by Crippen LogP contribution is 2.40. The molecule has 4 amide bonds. The fourth-order valence-corrected chi connectivity index (χ4v) is 10.8. The summed E-state index contributed by atoms with van der Waals surface area (Å²) in [6.45, 7) is 8.70. The van der Waals surface area contributed by atoms with Crippen LogP contribution >= 0.6 is 0 Å². The van der Waals surface area contributed by atoms with Crippen molar-refractivity contribution in [1.29, 1.82) is 0 Å². The summed E-state index contributed by atoms with van der Waals surface area (Å²) in [6, 6.07) is 27.1. The summed E-state index contributed by atoms with van der Waals surface area (Å²) in [7, 11) is 3.58. The molecule has 8 heterocycles. The minimum atomic E-state index is -0.430. The van der Waals surface area contributed by atoms with E-state index < -0.39 is 5.92 Å². The number of hydrogen-bond acceptors (Lipinski definition) is 11. The van der Waals surface area contributed by atoms with Gasteiger partial charge in [0.25, 0.3) is 0 Å². The van der Waals surface area contributed by atoms with Crippen LogP contribution in [-0.2, 0) is 23.7 Å². The topological polar surface area (TPSA) is 163 Å². The molecule has 0 saturated carbocycles. The molecule has 3 aromatic carbocycles. The highest BCUT2D eigenvalue weighted by Gasteiger charge is 2.35. The number of pyridine rings is 2. The van der Waals surface area contributed by atoms with Gasteiger partial charge in [0.2, 0.25) is 11.8 Å². The monoisotopic (exact) mass is 911 g/mol. The lowest BCUT2D eigenvalue weighted by molar-refractivity contribution is -0.134. The molecule has 68 heavy (non-hydrogen) atoms. The number of carbonyl (C=O) groups excluding carboxylic acids is 3. The van der Waals surface area contributed by atoms with Gasteiger partial charge in [0.15, 0.2) is 0 Å². The van der Waals surface area contributed by atoms with Gasteiger partial charge in [-0.1, -0.05) is 30.3 Å². The predicted molar refractivity (Wildman–Crippen MR) is 261 cm³/mol. The maximum absolute atomic E-state index is 13.8. The zero-order valence-corrected chi connectivity index (χ0v) is 38.5. The quantitative estimate of drug-likeness (QED) is 0.178. The van der Waals surface area contributed by atoms with Gasteiger partial charge in [-0.3, -0.25) is 39.3 Å². The number of rotatable bonds is 9. The van der Waals surface area contributed by atoms with E-state index in [1.165, 1.54) is 10.4 Å². The molecule has 4 aromatic heterocycles. The Labute approximate surface area is 393 Å². The van der Waals surface area contributed by atoms with E-state index in [2.05, 4.69) is 66.5 Å². The molecule has 4 fully saturated rings. The highest BCUT2D eigenvalue weighted by molar-refractivity contribution is 6.06. The number of carbonyl (C=O) groups is 3. The molecule has 4 aliphatic rings. The maximum atomic E-state index is 13.8. The third-order valence-corrected chi connectivity index (χ3v) is 14.4. The lowest BCUT2D eigenvalue weighted by Crippen LogP contribution is -2.53. The number of aromatic nitrogens is 7. The van der Waals surface area contributed by atoms with Gasteiger partial charge in [0.1, 0.15) is 12.1 Å². The lowest BCUT2D eigenvalue weighted by atomic mass is 9.91.